The second-order valence-electron chi connectivity index (χ2n) is 4.75. The van der Waals surface area contributed by atoms with Crippen LogP contribution in [0.5, 0.6) is 5.75 Å². The van der Waals surface area contributed by atoms with E-state index in [9.17, 15) is 9.90 Å². The van der Waals surface area contributed by atoms with Gasteiger partial charge in [-0.2, -0.15) is 0 Å². The number of hydrogen-bond donors (Lipinski definition) is 2. The summed E-state index contributed by atoms with van der Waals surface area (Å²) in [6, 6.07) is 7.16. The zero-order chi connectivity index (χ0) is 14.7. The number of amides is 1. The summed E-state index contributed by atoms with van der Waals surface area (Å²) in [5.41, 5.74) is 2.05. The summed E-state index contributed by atoms with van der Waals surface area (Å²) in [7, 11) is 1.58. The standard InChI is InChI=1S/C15H18N2O3/c1-9-6-13(15(19)16-8-10(2)18)12-7-11(20-3)4-5-14(12)17-9/h4-7,10,18H,8H2,1-3H3,(H,16,19). The maximum absolute atomic E-state index is 12.2. The van der Waals surface area contributed by atoms with E-state index in [-0.39, 0.29) is 12.5 Å². The first kappa shape index (κ1) is 14.3. The molecule has 2 N–H and O–H groups in total. The molecule has 0 aliphatic heterocycles. The Bertz CT molecular complexity index is 638. The number of pyridine rings is 1. The zero-order valence-electron chi connectivity index (χ0n) is 11.8. The summed E-state index contributed by atoms with van der Waals surface area (Å²) >= 11 is 0. The van der Waals surface area contributed by atoms with Crippen LogP contribution in [-0.4, -0.2) is 35.8 Å². The number of aliphatic hydroxyl groups excluding tert-OH is 1. The van der Waals surface area contributed by atoms with Crippen LogP contribution in [0, 0.1) is 6.92 Å². The fourth-order valence-corrected chi connectivity index (χ4v) is 1.99. The predicted molar refractivity (Wildman–Crippen MR) is 77.0 cm³/mol. The number of methoxy groups -OCH3 is 1. The van der Waals surface area contributed by atoms with Crippen LogP contribution in [0.15, 0.2) is 24.3 Å². The Hall–Kier alpha value is -2.14. The molecule has 0 saturated carbocycles. The van der Waals surface area contributed by atoms with E-state index in [1.807, 2.05) is 19.1 Å². The van der Waals surface area contributed by atoms with E-state index in [1.165, 1.54) is 0 Å². The van der Waals surface area contributed by atoms with Crippen LogP contribution in [0.4, 0.5) is 0 Å². The summed E-state index contributed by atoms with van der Waals surface area (Å²) in [5.74, 6) is 0.447. The van der Waals surface area contributed by atoms with Gasteiger partial charge >= 0.3 is 0 Å². The van der Waals surface area contributed by atoms with Gasteiger partial charge < -0.3 is 15.2 Å². The first-order valence-corrected chi connectivity index (χ1v) is 6.43. The number of aryl methyl sites for hydroxylation is 1. The first-order valence-electron chi connectivity index (χ1n) is 6.43. The molecule has 106 valence electrons. The molecule has 20 heavy (non-hydrogen) atoms. The second-order valence-corrected chi connectivity index (χ2v) is 4.75. The summed E-state index contributed by atoms with van der Waals surface area (Å²) in [5, 5.41) is 12.7. The van der Waals surface area contributed by atoms with E-state index in [2.05, 4.69) is 10.3 Å². The average Bonchev–Trinajstić information content (AvgIpc) is 2.43. The van der Waals surface area contributed by atoms with E-state index in [4.69, 9.17) is 4.74 Å². The van der Waals surface area contributed by atoms with E-state index < -0.39 is 6.10 Å². The Morgan fingerprint density at radius 2 is 2.20 bits per heavy atom. The molecule has 1 unspecified atom stereocenters. The molecule has 1 atom stereocenters. The van der Waals surface area contributed by atoms with Gasteiger partial charge in [0.2, 0.25) is 0 Å². The van der Waals surface area contributed by atoms with E-state index in [1.54, 1.807) is 26.2 Å². The SMILES string of the molecule is COc1ccc2nc(C)cc(C(=O)NCC(C)O)c2c1. The molecule has 0 aliphatic rings. The van der Waals surface area contributed by atoms with Gasteiger partial charge in [0.25, 0.3) is 5.91 Å². The molecule has 2 aromatic rings. The number of hydrogen-bond acceptors (Lipinski definition) is 4. The third kappa shape index (κ3) is 3.05. The van der Waals surface area contributed by atoms with Gasteiger partial charge in [-0.25, -0.2) is 0 Å². The first-order chi connectivity index (χ1) is 9.51. The van der Waals surface area contributed by atoms with Gasteiger partial charge in [0, 0.05) is 17.6 Å². The van der Waals surface area contributed by atoms with Gasteiger partial charge in [-0.1, -0.05) is 0 Å². The Balaban J connectivity index is 2.47. The number of nitrogens with one attached hydrogen (secondary N) is 1. The van der Waals surface area contributed by atoms with E-state index in [0.29, 0.717) is 11.3 Å². The van der Waals surface area contributed by atoms with E-state index >= 15 is 0 Å². The van der Waals surface area contributed by atoms with Crippen molar-refractivity contribution in [2.75, 3.05) is 13.7 Å². The van der Waals surface area contributed by atoms with Gasteiger partial charge in [-0.3, -0.25) is 9.78 Å². The molecule has 0 fully saturated rings. The van der Waals surface area contributed by atoms with Crippen LogP contribution in [0.3, 0.4) is 0 Å². The van der Waals surface area contributed by atoms with Crippen molar-refractivity contribution in [3.8, 4) is 5.75 Å². The van der Waals surface area contributed by atoms with Crippen LogP contribution in [0.2, 0.25) is 0 Å². The maximum Gasteiger partial charge on any atom is 0.252 e. The number of rotatable bonds is 4. The Labute approximate surface area is 117 Å². The van der Waals surface area contributed by atoms with E-state index in [0.717, 1.165) is 16.6 Å². The van der Waals surface area contributed by atoms with Crippen molar-refractivity contribution in [2.45, 2.75) is 20.0 Å². The Morgan fingerprint density at radius 3 is 2.85 bits per heavy atom. The summed E-state index contributed by atoms with van der Waals surface area (Å²) in [6.45, 7) is 3.68. The molecule has 5 nitrogen and oxygen atoms in total. The monoisotopic (exact) mass is 274 g/mol. The number of benzene rings is 1. The summed E-state index contributed by atoms with van der Waals surface area (Å²) in [4.78, 5) is 16.6. The molecule has 0 bridgehead atoms. The number of carbonyl (C=O) groups excluding carboxylic acids is 1. The van der Waals surface area contributed by atoms with Crippen molar-refractivity contribution in [1.29, 1.82) is 0 Å². The molecular weight excluding hydrogens is 256 g/mol. The van der Waals surface area contributed by atoms with Crippen molar-refractivity contribution in [3.63, 3.8) is 0 Å². The van der Waals surface area contributed by atoms with Crippen LogP contribution in [0.1, 0.15) is 23.0 Å². The smallest absolute Gasteiger partial charge is 0.252 e. The quantitative estimate of drug-likeness (QED) is 0.889. The number of ether oxygens (including phenoxy) is 1. The van der Waals surface area contributed by atoms with Gasteiger partial charge in [-0.05, 0) is 38.1 Å². The molecule has 1 heterocycles. The molecule has 0 saturated heterocycles. The van der Waals surface area contributed by atoms with Crippen LogP contribution in [0.25, 0.3) is 10.9 Å². The molecular formula is C15H18N2O3. The minimum atomic E-state index is -0.581. The van der Waals surface area contributed by atoms with Gasteiger partial charge in [0.1, 0.15) is 5.75 Å². The average molecular weight is 274 g/mol. The number of carbonyl (C=O) groups is 1. The van der Waals surface area contributed by atoms with Crippen LogP contribution in [-0.2, 0) is 0 Å². The molecule has 2 rings (SSSR count). The lowest BCUT2D eigenvalue weighted by atomic mass is 10.1. The number of aromatic nitrogens is 1. The normalized spacial score (nSPS) is 12.2. The molecule has 0 radical (unpaired) electrons. The van der Waals surface area contributed by atoms with Crippen LogP contribution >= 0.6 is 0 Å². The Morgan fingerprint density at radius 1 is 1.45 bits per heavy atom. The van der Waals surface area contributed by atoms with Gasteiger partial charge in [0.05, 0.1) is 24.3 Å². The lowest BCUT2D eigenvalue weighted by molar-refractivity contribution is 0.0925. The van der Waals surface area contributed by atoms with Crippen molar-refractivity contribution >= 4 is 16.8 Å². The highest BCUT2D eigenvalue weighted by Gasteiger charge is 2.13. The fraction of sp³-hybridized carbons (Fsp3) is 0.333. The predicted octanol–water partition coefficient (Wildman–Crippen LogP) is 1.66. The lowest BCUT2D eigenvalue weighted by Crippen LogP contribution is -2.30. The summed E-state index contributed by atoms with van der Waals surface area (Å²) < 4.78 is 5.19. The highest BCUT2D eigenvalue weighted by atomic mass is 16.5. The van der Waals surface area contributed by atoms with Crippen molar-refractivity contribution in [1.82, 2.24) is 10.3 Å². The molecule has 1 aromatic heterocycles. The minimum Gasteiger partial charge on any atom is -0.497 e. The minimum absolute atomic E-state index is 0.214. The topological polar surface area (TPSA) is 71.5 Å². The molecule has 1 aromatic carbocycles. The third-order valence-electron chi connectivity index (χ3n) is 2.95. The number of nitrogens with zero attached hydrogens (tertiary/aromatic N) is 1. The zero-order valence-corrected chi connectivity index (χ0v) is 11.8. The van der Waals surface area contributed by atoms with Crippen molar-refractivity contribution < 1.29 is 14.6 Å². The number of fused-ring (bicyclic) bond motifs is 1. The third-order valence-corrected chi connectivity index (χ3v) is 2.95. The van der Waals surface area contributed by atoms with Crippen molar-refractivity contribution in [3.05, 3.63) is 35.5 Å². The second kappa shape index (κ2) is 5.88. The Kier molecular flexibility index (Phi) is 4.20. The fourth-order valence-electron chi connectivity index (χ4n) is 1.99. The van der Waals surface area contributed by atoms with Gasteiger partial charge in [0.15, 0.2) is 0 Å². The molecule has 0 aliphatic carbocycles. The van der Waals surface area contributed by atoms with Gasteiger partial charge in [-0.15, -0.1) is 0 Å². The van der Waals surface area contributed by atoms with Crippen molar-refractivity contribution in [2.24, 2.45) is 0 Å². The maximum atomic E-state index is 12.2. The lowest BCUT2D eigenvalue weighted by Gasteiger charge is -2.11. The summed E-state index contributed by atoms with van der Waals surface area (Å²) in [6.07, 6.45) is -0.581. The molecule has 5 heteroatoms. The molecule has 0 spiro atoms. The number of aliphatic hydroxyl groups is 1. The van der Waals surface area contributed by atoms with Crippen LogP contribution < -0.4 is 10.1 Å². The highest BCUT2D eigenvalue weighted by molar-refractivity contribution is 6.06. The largest absolute Gasteiger partial charge is 0.497 e. The highest BCUT2D eigenvalue weighted by Crippen LogP contribution is 2.23. The molecule has 1 amide bonds.